The van der Waals surface area contributed by atoms with Gasteiger partial charge in [0.15, 0.2) is 11.3 Å². The lowest BCUT2D eigenvalue weighted by Crippen LogP contribution is -2.12. The van der Waals surface area contributed by atoms with Crippen molar-refractivity contribution in [1.29, 1.82) is 0 Å². The third kappa shape index (κ3) is 2.99. The lowest BCUT2D eigenvalue weighted by atomic mass is 9.88. The molecule has 5 nitrogen and oxygen atoms in total. The van der Waals surface area contributed by atoms with Crippen LogP contribution in [0.1, 0.15) is 53.0 Å². The zero-order chi connectivity index (χ0) is 22.1. The average molecular weight is 414 g/mol. The van der Waals surface area contributed by atoms with Crippen molar-refractivity contribution in [2.24, 2.45) is 0 Å². The summed E-state index contributed by atoms with van der Waals surface area (Å²) in [7, 11) is 0. The van der Waals surface area contributed by atoms with Crippen LogP contribution in [0.2, 0.25) is 0 Å². The molecule has 0 fully saturated rings. The van der Waals surface area contributed by atoms with Crippen LogP contribution in [0.5, 0.6) is 5.75 Å². The Morgan fingerprint density at radius 3 is 2.35 bits per heavy atom. The highest BCUT2D eigenvalue weighted by atomic mass is 16.4. The van der Waals surface area contributed by atoms with Gasteiger partial charge in [0.1, 0.15) is 11.3 Å². The number of para-hydroxylation sites is 1. The van der Waals surface area contributed by atoms with Crippen molar-refractivity contribution >= 4 is 32.9 Å². The molecule has 0 aliphatic rings. The molecule has 0 radical (unpaired) electrons. The van der Waals surface area contributed by atoms with Crippen LogP contribution in [-0.4, -0.2) is 19.6 Å². The number of rotatable bonds is 1. The predicted octanol–water partition coefficient (Wildman–Crippen LogP) is 6.62. The second-order valence-electron chi connectivity index (χ2n) is 10.2. The molecule has 0 amide bonds. The normalized spacial score (nSPS) is 13.0. The van der Waals surface area contributed by atoms with Crippen LogP contribution < -0.4 is 0 Å². The van der Waals surface area contributed by atoms with Crippen LogP contribution >= 0.6 is 0 Å². The SMILES string of the molecule is CC(C)(C)c1ccnc(-n2c3ccccc3c3c4nc(C(C)(C)C)oc4c(O)cc32)c1. The lowest BCUT2D eigenvalue weighted by Gasteiger charge is -2.20. The number of oxazole rings is 1. The molecular formula is C26H27N3O2. The second kappa shape index (κ2) is 6.33. The summed E-state index contributed by atoms with van der Waals surface area (Å²) in [6.45, 7) is 12.7. The van der Waals surface area contributed by atoms with Crippen LogP contribution in [0.25, 0.3) is 38.7 Å². The molecule has 5 aromatic rings. The summed E-state index contributed by atoms with van der Waals surface area (Å²) in [5.74, 6) is 1.51. The van der Waals surface area contributed by atoms with Crippen molar-refractivity contribution in [2.75, 3.05) is 0 Å². The first-order valence-corrected chi connectivity index (χ1v) is 10.6. The third-order valence-electron chi connectivity index (χ3n) is 5.76. The quantitative estimate of drug-likeness (QED) is 0.335. The maximum absolute atomic E-state index is 10.9. The minimum atomic E-state index is -0.265. The van der Waals surface area contributed by atoms with Crippen LogP contribution in [0.3, 0.4) is 0 Å². The number of nitrogens with zero attached hydrogens (tertiary/aromatic N) is 3. The highest BCUT2D eigenvalue weighted by Crippen LogP contribution is 2.41. The van der Waals surface area contributed by atoms with Crippen molar-refractivity contribution in [1.82, 2.24) is 14.5 Å². The summed E-state index contributed by atoms with van der Waals surface area (Å²) in [6.07, 6.45) is 1.85. The van der Waals surface area contributed by atoms with Gasteiger partial charge < -0.3 is 9.52 Å². The van der Waals surface area contributed by atoms with E-state index in [1.165, 1.54) is 5.56 Å². The number of aromatic nitrogens is 3. The molecule has 0 spiro atoms. The maximum atomic E-state index is 10.9. The molecule has 0 unspecified atom stereocenters. The Bertz CT molecular complexity index is 1460. The van der Waals surface area contributed by atoms with Gasteiger partial charge in [-0.3, -0.25) is 4.57 Å². The van der Waals surface area contributed by atoms with Gasteiger partial charge in [-0.2, -0.15) is 0 Å². The van der Waals surface area contributed by atoms with E-state index in [9.17, 15) is 5.11 Å². The molecule has 158 valence electrons. The molecule has 3 heterocycles. The van der Waals surface area contributed by atoms with Crippen molar-refractivity contribution in [3.8, 4) is 11.6 Å². The minimum absolute atomic E-state index is 0.000417. The number of hydrogen-bond donors (Lipinski definition) is 1. The van der Waals surface area contributed by atoms with Gasteiger partial charge in [-0.05, 0) is 29.2 Å². The number of hydrogen-bond acceptors (Lipinski definition) is 4. The lowest BCUT2D eigenvalue weighted by molar-refractivity contribution is 0.399. The van der Waals surface area contributed by atoms with Crippen LogP contribution in [0.4, 0.5) is 0 Å². The summed E-state index contributed by atoms with van der Waals surface area (Å²) < 4.78 is 8.11. The molecule has 0 bridgehead atoms. The van der Waals surface area contributed by atoms with Crippen LogP contribution in [0, 0.1) is 0 Å². The molecule has 0 saturated heterocycles. The predicted molar refractivity (Wildman–Crippen MR) is 125 cm³/mol. The van der Waals surface area contributed by atoms with E-state index in [4.69, 9.17) is 9.40 Å². The Morgan fingerprint density at radius 1 is 0.903 bits per heavy atom. The largest absolute Gasteiger partial charge is 0.504 e. The van der Waals surface area contributed by atoms with Crippen LogP contribution in [-0.2, 0) is 10.8 Å². The second-order valence-corrected chi connectivity index (χ2v) is 10.2. The molecule has 0 aliphatic heterocycles. The first-order valence-electron chi connectivity index (χ1n) is 10.6. The Balaban J connectivity index is 1.93. The highest BCUT2D eigenvalue weighted by Gasteiger charge is 2.26. The maximum Gasteiger partial charge on any atom is 0.201 e. The van der Waals surface area contributed by atoms with Gasteiger partial charge in [0, 0.05) is 28.5 Å². The van der Waals surface area contributed by atoms with Crippen molar-refractivity contribution in [2.45, 2.75) is 52.4 Å². The fraction of sp³-hybridized carbons (Fsp3) is 0.308. The summed E-state index contributed by atoms with van der Waals surface area (Å²) >= 11 is 0. The Hall–Kier alpha value is -3.34. The summed E-state index contributed by atoms with van der Waals surface area (Å²) in [5, 5.41) is 12.9. The first kappa shape index (κ1) is 19.6. The van der Waals surface area contributed by atoms with E-state index in [0.29, 0.717) is 17.0 Å². The van der Waals surface area contributed by atoms with Gasteiger partial charge in [0.2, 0.25) is 5.89 Å². The van der Waals surface area contributed by atoms with E-state index >= 15 is 0 Å². The molecule has 31 heavy (non-hydrogen) atoms. The summed E-state index contributed by atoms with van der Waals surface area (Å²) in [4.78, 5) is 9.51. The number of fused-ring (bicyclic) bond motifs is 5. The van der Waals surface area contributed by atoms with Gasteiger partial charge in [0.05, 0.1) is 11.0 Å². The number of phenols is 1. The number of pyridine rings is 1. The molecule has 0 saturated carbocycles. The topological polar surface area (TPSA) is 64.1 Å². The van der Waals surface area contributed by atoms with E-state index in [1.54, 1.807) is 6.07 Å². The number of aromatic hydroxyl groups is 1. The summed E-state index contributed by atoms with van der Waals surface area (Å²) in [6, 6.07) is 14.1. The van der Waals surface area contributed by atoms with E-state index in [1.807, 2.05) is 18.3 Å². The van der Waals surface area contributed by atoms with Crippen molar-refractivity contribution < 1.29 is 9.52 Å². The first-order chi connectivity index (χ1) is 14.6. The van der Waals surface area contributed by atoms with Gasteiger partial charge in [0.25, 0.3) is 0 Å². The molecule has 5 heteroatoms. The van der Waals surface area contributed by atoms with E-state index in [0.717, 1.165) is 27.6 Å². The van der Waals surface area contributed by atoms with E-state index in [-0.39, 0.29) is 16.6 Å². The molecule has 0 aliphatic carbocycles. The van der Waals surface area contributed by atoms with Gasteiger partial charge in [-0.1, -0.05) is 59.7 Å². The highest BCUT2D eigenvalue weighted by molar-refractivity contribution is 6.20. The average Bonchev–Trinajstić information content (AvgIpc) is 3.27. The Labute approximate surface area is 181 Å². The molecular weight excluding hydrogens is 386 g/mol. The zero-order valence-electron chi connectivity index (χ0n) is 18.8. The molecule has 0 atom stereocenters. The standard InChI is InChI=1S/C26H27N3O2/c1-25(2,3)15-11-12-27-20(13-15)29-17-10-8-7-9-16(17)21-18(29)14-19(30)23-22(21)28-24(31-23)26(4,5)6/h7-14,30H,1-6H3. The smallest absolute Gasteiger partial charge is 0.201 e. The van der Waals surface area contributed by atoms with Gasteiger partial charge in [-0.25, -0.2) is 9.97 Å². The monoisotopic (exact) mass is 413 g/mol. The molecule has 1 N–H and O–H groups in total. The Morgan fingerprint density at radius 2 is 1.65 bits per heavy atom. The third-order valence-corrected chi connectivity index (χ3v) is 5.76. The van der Waals surface area contributed by atoms with Crippen molar-refractivity contribution in [3.63, 3.8) is 0 Å². The molecule has 3 aromatic heterocycles. The number of benzene rings is 2. The van der Waals surface area contributed by atoms with Gasteiger partial charge >= 0.3 is 0 Å². The minimum Gasteiger partial charge on any atom is -0.504 e. The molecule has 5 rings (SSSR count). The zero-order valence-corrected chi connectivity index (χ0v) is 18.8. The van der Waals surface area contributed by atoms with E-state index < -0.39 is 0 Å². The molecule has 2 aromatic carbocycles. The Kier molecular flexibility index (Phi) is 4.00. The fourth-order valence-corrected chi connectivity index (χ4v) is 4.08. The van der Waals surface area contributed by atoms with Gasteiger partial charge in [-0.15, -0.1) is 0 Å². The number of phenolic OH excluding ortho intramolecular Hbond substituents is 1. The summed E-state index contributed by atoms with van der Waals surface area (Å²) in [5.41, 5.74) is 3.92. The fourth-order valence-electron chi connectivity index (χ4n) is 4.08. The van der Waals surface area contributed by atoms with Crippen LogP contribution in [0.15, 0.2) is 53.1 Å². The van der Waals surface area contributed by atoms with E-state index in [2.05, 4.69) is 75.4 Å². The van der Waals surface area contributed by atoms with Crippen molar-refractivity contribution in [3.05, 3.63) is 60.1 Å².